The van der Waals surface area contributed by atoms with E-state index in [0.29, 0.717) is 0 Å². The van der Waals surface area contributed by atoms with Crippen LogP contribution in [0.4, 0.5) is 0 Å². The number of hydrogen-bond acceptors (Lipinski definition) is 10. The van der Waals surface area contributed by atoms with Gasteiger partial charge in [0.2, 0.25) is 0 Å². The molecule has 0 saturated heterocycles. The Balaban J connectivity index is -0.0000000250. The summed E-state index contributed by atoms with van der Waals surface area (Å²) in [6, 6.07) is 0. The van der Waals surface area contributed by atoms with Gasteiger partial charge in [-0.15, -0.1) is 0 Å². The van der Waals surface area contributed by atoms with Crippen molar-refractivity contribution in [3.8, 4) is 0 Å². The zero-order valence-electron chi connectivity index (χ0n) is 12.2. The maximum Gasteiger partial charge on any atom is 3.00 e. The number of carbonyl (C=O) groups excluding carboxylic acids is 5. The Kier molecular flexibility index (Phi) is 71.3. The number of carboxylic acids is 5. The van der Waals surface area contributed by atoms with Gasteiger partial charge in [0.05, 0.1) is 0 Å². The third-order valence-corrected chi connectivity index (χ3v) is 0. The van der Waals surface area contributed by atoms with Crippen LogP contribution in [0.1, 0.15) is 34.6 Å². The van der Waals surface area contributed by atoms with Crippen LogP contribution in [-0.2, 0) is 62.9 Å². The number of rotatable bonds is 0. The van der Waals surface area contributed by atoms with Crippen LogP contribution in [-0.4, -0.2) is 29.8 Å². The number of hydrogen-bond donors (Lipinski definition) is 0. The summed E-state index contributed by atoms with van der Waals surface area (Å²) in [5.74, 6) is -5.42. The largest absolute Gasteiger partial charge is 3.00 e. The predicted octanol–water partition coefficient (Wildman–Crippen LogP) is -6.22. The third-order valence-electron chi connectivity index (χ3n) is 0. The first-order chi connectivity index (χ1) is 8.66. The zero-order valence-corrected chi connectivity index (χ0v) is 15.5. The molecule has 0 aliphatic carbocycles. The van der Waals surface area contributed by atoms with Gasteiger partial charge in [0.1, 0.15) is 0 Å². The summed E-state index contributed by atoms with van der Waals surface area (Å²) < 4.78 is 0. The summed E-state index contributed by atoms with van der Waals surface area (Å²) in [6.07, 6.45) is 0. The molecule has 0 bridgehead atoms. The van der Waals surface area contributed by atoms with Crippen LogP contribution in [0.25, 0.3) is 0 Å². The van der Waals surface area contributed by atoms with E-state index in [4.69, 9.17) is 49.5 Å². The molecule has 0 aromatic heterocycles. The van der Waals surface area contributed by atoms with E-state index in [2.05, 4.69) is 0 Å². The van der Waals surface area contributed by atoms with E-state index < -0.39 is 29.8 Å². The maximum absolute atomic E-state index is 8.89. The first kappa shape index (κ1) is 42.8. The summed E-state index contributed by atoms with van der Waals surface area (Å²) >= 11 is 0. The molecule has 0 aromatic rings. The predicted molar refractivity (Wildman–Crippen MR) is 53.4 cm³/mol. The summed E-state index contributed by atoms with van der Waals surface area (Å²) in [5.41, 5.74) is 0. The Morgan fingerprint density at radius 3 is 0.455 bits per heavy atom. The van der Waals surface area contributed by atoms with E-state index in [1.807, 2.05) is 0 Å². The van der Waals surface area contributed by atoms with Crippen molar-refractivity contribution in [3.63, 3.8) is 0 Å². The van der Waals surface area contributed by atoms with Crippen molar-refractivity contribution in [2.45, 2.75) is 34.6 Å². The second-order valence-corrected chi connectivity index (χ2v) is 2.46. The van der Waals surface area contributed by atoms with Gasteiger partial charge in [-0.2, -0.15) is 0 Å². The average molecular weight is 501 g/mol. The van der Waals surface area contributed by atoms with E-state index in [1.165, 1.54) is 0 Å². The van der Waals surface area contributed by atoms with Crippen LogP contribution in [0.5, 0.6) is 0 Å². The second-order valence-electron chi connectivity index (χ2n) is 2.46. The molecule has 0 atom stereocenters. The van der Waals surface area contributed by atoms with E-state index >= 15 is 0 Å². The van der Waals surface area contributed by atoms with Crippen LogP contribution in [0.15, 0.2) is 0 Å². The fourth-order valence-electron chi connectivity index (χ4n) is 0. The topological polar surface area (TPSA) is 201 Å². The molecule has 0 amide bonds. The minimum absolute atomic E-state index is 0. The monoisotopic (exact) mass is 501 g/mol. The number of carbonyl (C=O) groups is 5. The molecule has 0 heterocycles. The van der Waals surface area contributed by atoms with Crippen molar-refractivity contribution < 1.29 is 88.5 Å². The summed E-state index contributed by atoms with van der Waals surface area (Å²) in [4.78, 5) is 44.4. The molecule has 1 radical (unpaired) electrons. The first-order valence-electron chi connectivity index (χ1n) is 4.54. The second kappa shape index (κ2) is 36.7. The van der Waals surface area contributed by atoms with Gasteiger partial charge in [-0.05, 0) is 34.6 Å². The van der Waals surface area contributed by atoms with Crippen LogP contribution in [0, 0.1) is 0 Å². The van der Waals surface area contributed by atoms with E-state index in [9.17, 15) is 0 Å². The van der Waals surface area contributed by atoms with Crippen LogP contribution in [0.2, 0.25) is 0 Å². The summed E-state index contributed by atoms with van der Waals surface area (Å²) in [7, 11) is 0. The van der Waals surface area contributed by atoms with Crippen molar-refractivity contribution in [2.24, 2.45) is 0 Å². The average Bonchev–Trinajstić information content (AvgIpc) is 1.94. The number of carboxylic acid groups (broad SMARTS) is 5. The Morgan fingerprint density at radius 2 is 0.455 bits per heavy atom. The minimum atomic E-state index is -1.08. The molecule has 12 heteroatoms. The fourth-order valence-corrected chi connectivity index (χ4v) is 0. The van der Waals surface area contributed by atoms with E-state index in [1.54, 1.807) is 0 Å². The molecule has 0 unspecified atom stereocenters. The van der Waals surface area contributed by atoms with Crippen molar-refractivity contribution in [2.75, 3.05) is 0 Å². The molecule has 0 saturated carbocycles. The maximum atomic E-state index is 8.89. The Bertz CT molecular complexity index is 214. The fraction of sp³-hybridized carbons (Fsp3) is 0.500. The van der Waals surface area contributed by atoms with Gasteiger partial charge >= 0.3 is 39.0 Å². The van der Waals surface area contributed by atoms with Crippen molar-refractivity contribution in [3.05, 3.63) is 0 Å². The molecular weight excluding hydrogens is 486 g/mol. The quantitative estimate of drug-likeness (QED) is 0.288. The van der Waals surface area contributed by atoms with Crippen LogP contribution >= 0.6 is 0 Å². The van der Waals surface area contributed by atoms with Gasteiger partial charge in [0, 0.05) is 29.8 Å². The van der Waals surface area contributed by atoms with Gasteiger partial charge in [-0.3, -0.25) is 0 Å². The van der Waals surface area contributed by atoms with E-state index in [0.717, 1.165) is 34.6 Å². The molecule has 0 aromatic carbocycles. The Morgan fingerprint density at radius 1 is 0.455 bits per heavy atom. The van der Waals surface area contributed by atoms with Gasteiger partial charge in [0.15, 0.2) is 0 Å². The van der Waals surface area contributed by atoms with Crippen molar-refractivity contribution in [1.29, 1.82) is 0 Å². The number of aliphatic carboxylic acids is 5. The molecule has 10 nitrogen and oxygen atoms in total. The molecular formula is C10H15O10Rh2. The van der Waals surface area contributed by atoms with Crippen LogP contribution < -0.4 is 25.5 Å². The molecule has 0 spiro atoms. The molecule has 0 rings (SSSR count). The summed E-state index contributed by atoms with van der Waals surface area (Å²) in [5, 5.41) is 44.4. The van der Waals surface area contributed by atoms with Crippen LogP contribution in [0.3, 0.4) is 0 Å². The standard InChI is InChI=1S/5C2H4O2.2Rh/c5*1-2(3)4;;/h5*1H3,(H,3,4);;/q;;;;;+2;+3/p-5. The van der Waals surface area contributed by atoms with Gasteiger partial charge < -0.3 is 49.5 Å². The van der Waals surface area contributed by atoms with Crippen molar-refractivity contribution >= 4 is 29.8 Å². The summed E-state index contributed by atoms with van der Waals surface area (Å²) in [6.45, 7) is 4.86. The van der Waals surface area contributed by atoms with E-state index in [-0.39, 0.29) is 39.0 Å². The normalized spacial score (nSPS) is 5.68. The Labute approximate surface area is 153 Å². The molecule has 0 fully saturated rings. The zero-order chi connectivity index (χ0) is 17.9. The molecule has 133 valence electrons. The first-order valence-corrected chi connectivity index (χ1v) is 4.54. The van der Waals surface area contributed by atoms with Gasteiger partial charge in [-0.1, -0.05) is 0 Å². The third kappa shape index (κ3) is 2920. The van der Waals surface area contributed by atoms with Crippen molar-refractivity contribution in [1.82, 2.24) is 0 Å². The molecule has 0 aliphatic heterocycles. The molecule has 0 N–H and O–H groups in total. The SMILES string of the molecule is CC(=O)[O-].CC(=O)[O-].CC(=O)[O-].CC(=O)[O-].CC(=O)[O-].[Rh+2].[Rh+3]. The van der Waals surface area contributed by atoms with Gasteiger partial charge in [0.25, 0.3) is 0 Å². The minimum Gasteiger partial charge on any atom is -0.550 e. The van der Waals surface area contributed by atoms with Gasteiger partial charge in [-0.25, -0.2) is 0 Å². The molecule has 0 aliphatic rings. The Hall–Kier alpha value is -1.40. The smallest absolute Gasteiger partial charge is 0.550 e. The molecule has 22 heavy (non-hydrogen) atoms.